The SMILES string of the molecule is CC[C@@H](C)OCc1nn(C)cc1Br. The Morgan fingerprint density at radius 2 is 2.38 bits per heavy atom. The van der Waals surface area contributed by atoms with Gasteiger partial charge in [-0.15, -0.1) is 0 Å². The first-order valence-corrected chi connectivity index (χ1v) is 5.22. The van der Waals surface area contributed by atoms with E-state index in [0.29, 0.717) is 12.7 Å². The van der Waals surface area contributed by atoms with E-state index in [4.69, 9.17) is 4.74 Å². The molecule has 4 heteroatoms. The molecule has 0 radical (unpaired) electrons. The van der Waals surface area contributed by atoms with Gasteiger partial charge in [0.2, 0.25) is 0 Å². The summed E-state index contributed by atoms with van der Waals surface area (Å²) in [6.07, 6.45) is 3.26. The van der Waals surface area contributed by atoms with Gasteiger partial charge in [0.15, 0.2) is 0 Å². The summed E-state index contributed by atoms with van der Waals surface area (Å²) in [4.78, 5) is 0. The van der Waals surface area contributed by atoms with Crippen molar-refractivity contribution in [2.24, 2.45) is 7.05 Å². The van der Waals surface area contributed by atoms with Gasteiger partial charge in [0.1, 0.15) is 5.69 Å². The normalized spacial score (nSPS) is 13.2. The minimum absolute atomic E-state index is 0.300. The van der Waals surface area contributed by atoms with Crippen molar-refractivity contribution in [3.63, 3.8) is 0 Å². The topological polar surface area (TPSA) is 27.1 Å². The van der Waals surface area contributed by atoms with Gasteiger partial charge in [-0.25, -0.2) is 0 Å². The molecule has 0 saturated carbocycles. The van der Waals surface area contributed by atoms with Gasteiger partial charge < -0.3 is 4.74 Å². The Morgan fingerprint density at radius 3 is 2.85 bits per heavy atom. The lowest BCUT2D eigenvalue weighted by Crippen LogP contribution is -2.06. The number of nitrogens with zero attached hydrogens (tertiary/aromatic N) is 2. The molecule has 1 heterocycles. The summed E-state index contributed by atoms with van der Waals surface area (Å²) in [6, 6.07) is 0. The number of aryl methyl sites for hydroxylation is 1. The van der Waals surface area contributed by atoms with E-state index in [0.717, 1.165) is 16.6 Å². The first-order valence-electron chi connectivity index (χ1n) is 4.43. The minimum Gasteiger partial charge on any atom is -0.372 e. The summed E-state index contributed by atoms with van der Waals surface area (Å²) in [7, 11) is 1.90. The minimum atomic E-state index is 0.300. The predicted molar refractivity (Wildman–Crippen MR) is 55.5 cm³/mol. The number of aromatic nitrogens is 2. The molecule has 0 amide bonds. The molecule has 3 nitrogen and oxygen atoms in total. The third-order valence-corrected chi connectivity index (χ3v) is 2.60. The zero-order chi connectivity index (χ0) is 9.84. The Kier molecular flexibility index (Phi) is 3.93. The van der Waals surface area contributed by atoms with Crippen LogP contribution in [0.2, 0.25) is 0 Å². The van der Waals surface area contributed by atoms with Crippen molar-refractivity contribution >= 4 is 15.9 Å². The van der Waals surface area contributed by atoms with Gasteiger partial charge in [-0.1, -0.05) is 6.92 Å². The summed E-state index contributed by atoms with van der Waals surface area (Å²) in [5.41, 5.74) is 0.961. The Bertz CT molecular complexity index is 273. The molecule has 1 aromatic heterocycles. The molecular weight excluding hydrogens is 232 g/mol. The maximum absolute atomic E-state index is 5.57. The maximum atomic E-state index is 5.57. The molecule has 0 spiro atoms. The number of rotatable bonds is 4. The maximum Gasteiger partial charge on any atom is 0.102 e. The first-order chi connectivity index (χ1) is 6.13. The molecular formula is C9H15BrN2O. The van der Waals surface area contributed by atoms with Crippen molar-refractivity contribution in [2.45, 2.75) is 33.0 Å². The molecule has 0 aliphatic heterocycles. The van der Waals surface area contributed by atoms with Crippen LogP contribution in [0.5, 0.6) is 0 Å². The summed E-state index contributed by atoms with van der Waals surface area (Å²) in [5, 5.41) is 4.26. The molecule has 0 fully saturated rings. The van der Waals surface area contributed by atoms with E-state index in [1.807, 2.05) is 13.2 Å². The summed E-state index contributed by atoms with van der Waals surface area (Å²) >= 11 is 3.43. The molecule has 0 aromatic carbocycles. The molecule has 0 unspecified atom stereocenters. The van der Waals surface area contributed by atoms with Crippen LogP contribution in [0, 0.1) is 0 Å². The van der Waals surface area contributed by atoms with Gasteiger partial charge in [0.05, 0.1) is 17.2 Å². The second-order valence-corrected chi connectivity index (χ2v) is 3.98. The highest BCUT2D eigenvalue weighted by atomic mass is 79.9. The highest BCUT2D eigenvalue weighted by Gasteiger charge is 2.06. The van der Waals surface area contributed by atoms with Crippen molar-refractivity contribution in [1.29, 1.82) is 0 Å². The van der Waals surface area contributed by atoms with Crippen LogP contribution in [0.4, 0.5) is 0 Å². The molecule has 0 N–H and O–H groups in total. The fourth-order valence-corrected chi connectivity index (χ4v) is 1.43. The van der Waals surface area contributed by atoms with E-state index in [2.05, 4.69) is 34.9 Å². The molecule has 1 atom stereocenters. The van der Waals surface area contributed by atoms with Gasteiger partial charge in [0, 0.05) is 13.2 Å². The second kappa shape index (κ2) is 4.77. The van der Waals surface area contributed by atoms with E-state index < -0.39 is 0 Å². The Hall–Kier alpha value is -0.350. The standard InChI is InChI=1S/C9H15BrN2O/c1-4-7(2)13-6-9-8(10)5-12(3)11-9/h5,7H,4,6H2,1-3H3/t7-/m1/s1. The fraction of sp³-hybridized carbons (Fsp3) is 0.667. The van der Waals surface area contributed by atoms with Crippen molar-refractivity contribution in [2.75, 3.05) is 0 Å². The lowest BCUT2D eigenvalue weighted by atomic mass is 10.3. The molecule has 0 aliphatic rings. The third kappa shape index (κ3) is 3.12. The van der Waals surface area contributed by atoms with Crippen molar-refractivity contribution < 1.29 is 4.74 Å². The molecule has 0 bridgehead atoms. The highest BCUT2D eigenvalue weighted by molar-refractivity contribution is 9.10. The monoisotopic (exact) mass is 246 g/mol. The van der Waals surface area contributed by atoms with Crippen LogP contribution < -0.4 is 0 Å². The van der Waals surface area contributed by atoms with Crippen LogP contribution in [0.25, 0.3) is 0 Å². The van der Waals surface area contributed by atoms with E-state index in [9.17, 15) is 0 Å². The van der Waals surface area contributed by atoms with Crippen LogP contribution in [-0.4, -0.2) is 15.9 Å². The van der Waals surface area contributed by atoms with Gasteiger partial charge >= 0.3 is 0 Å². The number of hydrogen-bond donors (Lipinski definition) is 0. The lowest BCUT2D eigenvalue weighted by Gasteiger charge is -2.08. The van der Waals surface area contributed by atoms with Crippen LogP contribution in [0.15, 0.2) is 10.7 Å². The molecule has 0 aliphatic carbocycles. The van der Waals surface area contributed by atoms with Crippen LogP contribution >= 0.6 is 15.9 Å². The van der Waals surface area contributed by atoms with Crippen LogP contribution in [0.1, 0.15) is 26.0 Å². The molecule has 13 heavy (non-hydrogen) atoms. The van der Waals surface area contributed by atoms with Crippen molar-refractivity contribution in [1.82, 2.24) is 9.78 Å². The number of ether oxygens (including phenoxy) is 1. The largest absolute Gasteiger partial charge is 0.372 e. The average molecular weight is 247 g/mol. The quantitative estimate of drug-likeness (QED) is 0.817. The van der Waals surface area contributed by atoms with E-state index in [1.54, 1.807) is 4.68 Å². The molecule has 0 saturated heterocycles. The highest BCUT2D eigenvalue weighted by Crippen LogP contribution is 2.15. The van der Waals surface area contributed by atoms with Gasteiger partial charge in [0.25, 0.3) is 0 Å². The van der Waals surface area contributed by atoms with E-state index >= 15 is 0 Å². The first kappa shape index (κ1) is 10.7. The average Bonchev–Trinajstić information content (AvgIpc) is 2.41. The molecule has 74 valence electrons. The van der Waals surface area contributed by atoms with Crippen LogP contribution in [0.3, 0.4) is 0 Å². The third-order valence-electron chi connectivity index (χ3n) is 1.93. The molecule has 1 rings (SSSR count). The lowest BCUT2D eigenvalue weighted by molar-refractivity contribution is 0.0483. The van der Waals surface area contributed by atoms with Crippen LogP contribution in [-0.2, 0) is 18.4 Å². The summed E-state index contributed by atoms with van der Waals surface area (Å²) in [5.74, 6) is 0. The number of hydrogen-bond acceptors (Lipinski definition) is 2. The fourth-order valence-electron chi connectivity index (χ4n) is 0.942. The van der Waals surface area contributed by atoms with Gasteiger partial charge in [-0.3, -0.25) is 4.68 Å². The number of halogens is 1. The summed E-state index contributed by atoms with van der Waals surface area (Å²) < 4.78 is 8.35. The zero-order valence-corrected chi connectivity index (χ0v) is 9.84. The smallest absolute Gasteiger partial charge is 0.102 e. The van der Waals surface area contributed by atoms with E-state index in [-0.39, 0.29) is 0 Å². The summed E-state index contributed by atoms with van der Waals surface area (Å²) in [6.45, 7) is 4.76. The van der Waals surface area contributed by atoms with Gasteiger partial charge in [-0.05, 0) is 29.3 Å². The van der Waals surface area contributed by atoms with Crippen molar-refractivity contribution in [3.05, 3.63) is 16.4 Å². The second-order valence-electron chi connectivity index (χ2n) is 3.13. The van der Waals surface area contributed by atoms with E-state index in [1.165, 1.54) is 0 Å². The zero-order valence-electron chi connectivity index (χ0n) is 8.25. The Morgan fingerprint density at radius 1 is 1.69 bits per heavy atom. The van der Waals surface area contributed by atoms with Gasteiger partial charge in [-0.2, -0.15) is 5.10 Å². The molecule has 1 aromatic rings. The Balaban J connectivity index is 2.49. The Labute approximate surface area is 87.2 Å². The predicted octanol–water partition coefficient (Wildman–Crippen LogP) is 2.50. The van der Waals surface area contributed by atoms with Crippen molar-refractivity contribution in [3.8, 4) is 0 Å².